The summed E-state index contributed by atoms with van der Waals surface area (Å²) in [5, 5.41) is 14.3. The fourth-order valence-electron chi connectivity index (χ4n) is 4.77. The molecular weight excluding hydrogens is 484 g/mol. The number of aromatic hydroxyl groups is 1. The summed E-state index contributed by atoms with van der Waals surface area (Å²) >= 11 is 0. The number of fused-ring (bicyclic) bond motifs is 2. The summed E-state index contributed by atoms with van der Waals surface area (Å²) in [6, 6.07) is 18.1. The maximum Gasteiger partial charge on any atom is 0.252 e. The van der Waals surface area contributed by atoms with Gasteiger partial charge in [-0.25, -0.2) is 0 Å². The average molecular weight is 513 g/mol. The number of nitrogens with one attached hydrogen (secondary N) is 1. The average Bonchev–Trinajstić information content (AvgIpc) is 3.42. The molecule has 0 spiro atoms. The Morgan fingerprint density at radius 3 is 2.51 bits per heavy atom. The number of Topliss-reactive ketones (excluding diaryl/α,β-unsaturated/α-hetero) is 1. The molecule has 0 aromatic heterocycles. The smallest absolute Gasteiger partial charge is 0.252 e. The summed E-state index contributed by atoms with van der Waals surface area (Å²) in [5.74, 6) is -0.635. The highest BCUT2D eigenvalue weighted by Crippen LogP contribution is 2.28. The summed E-state index contributed by atoms with van der Waals surface area (Å²) in [4.78, 5) is 40.8. The van der Waals surface area contributed by atoms with Gasteiger partial charge in [-0.05, 0) is 41.0 Å². The van der Waals surface area contributed by atoms with E-state index < -0.39 is 12.1 Å². The number of carbonyl (C=O) groups excluding carboxylic acids is 3. The standard InChI is InChI=1S/C26H24N2O5.2H2S/c29-18-10-8-16(9-11-18)14-21(26(32)28-13-12-23-24(28)22(30)15-33-23)27-25(31)20-7-3-5-17-4-1-2-6-19(17)20;;/h1-11,21,23-24,29H,12-15H2,(H,27,31);2*1H2/t21-,23+,24+;;/m0../s1. The molecule has 9 heteroatoms. The molecule has 2 heterocycles. The van der Waals surface area contributed by atoms with Crippen molar-refractivity contribution in [2.45, 2.75) is 31.0 Å². The molecule has 7 nitrogen and oxygen atoms in total. The van der Waals surface area contributed by atoms with Crippen LogP contribution in [0.25, 0.3) is 10.8 Å². The Morgan fingerprint density at radius 1 is 1.03 bits per heavy atom. The highest BCUT2D eigenvalue weighted by molar-refractivity contribution is 7.59. The minimum absolute atomic E-state index is 0. The quantitative estimate of drug-likeness (QED) is 0.548. The molecule has 2 amide bonds. The Hall–Kier alpha value is -3.01. The number of phenolic OH excluding ortho intramolecular Hbond substituents is 1. The van der Waals surface area contributed by atoms with Crippen molar-refractivity contribution in [3.63, 3.8) is 0 Å². The van der Waals surface area contributed by atoms with Crippen molar-refractivity contribution >= 4 is 55.4 Å². The first-order valence-electron chi connectivity index (χ1n) is 11.0. The normalized spacial score (nSPS) is 19.4. The summed E-state index contributed by atoms with van der Waals surface area (Å²) in [6.07, 6.45) is 0.564. The van der Waals surface area contributed by atoms with E-state index in [0.717, 1.165) is 16.3 Å². The number of phenols is 1. The number of amides is 2. The third-order valence-electron chi connectivity index (χ3n) is 6.41. The van der Waals surface area contributed by atoms with Gasteiger partial charge in [0, 0.05) is 18.5 Å². The number of hydrogen-bond donors (Lipinski definition) is 2. The Bertz CT molecular complexity index is 1230. The van der Waals surface area contributed by atoms with Gasteiger partial charge < -0.3 is 20.1 Å². The van der Waals surface area contributed by atoms with Gasteiger partial charge in [-0.3, -0.25) is 14.4 Å². The molecular formula is C26H28N2O5S2. The van der Waals surface area contributed by atoms with E-state index in [1.165, 1.54) is 0 Å². The fraction of sp³-hybridized carbons (Fsp3) is 0.269. The van der Waals surface area contributed by atoms with E-state index in [0.29, 0.717) is 18.5 Å². The Balaban J connectivity index is 0.00000171. The van der Waals surface area contributed by atoms with Gasteiger partial charge in [0.25, 0.3) is 5.91 Å². The number of nitrogens with zero attached hydrogens (tertiary/aromatic N) is 1. The van der Waals surface area contributed by atoms with Crippen LogP contribution in [-0.2, 0) is 20.7 Å². The van der Waals surface area contributed by atoms with Crippen molar-refractivity contribution in [2.24, 2.45) is 0 Å². The van der Waals surface area contributed by atoms with Crippen LogP contribution in [0.5, 0.6) is 5.75 Å². The minimum Gasteiger partial charge on any atom is -0.508 e. The highest BCUT2D eigenvalue weighted by Gasteiger charge is 2.48. The van der Waals surface area contributed by atoms with E-state index in [2.05, 4.69) is 5.32 Å². The second-order valence-electron chi connectivity index (χ2n) is 8.50. The van der Waals surface area contributed by atoms with Crippen LogP contribution in [0.1, 0.15) is 22.3 Å². The van der Waals surface area contributed by atoms with E-state index in [-0.39, 0.29) is 69.5 Å². The molecule has 35 heavy (non-hydrogen) atoms. The predicted molar refractivity (Wildman–Crippen MR) is 143 cm³/mol. The number of carbonyl (C=O) groups is 3. The second kappa shape index (κ2) is 11.2. The summed E-state index contributed by atoms with van der Waals surface area (Å²) in [5.41, 5.74) is 1.27. The van der Waals surface area contributed by atoms with Gasteiger partial charge in [-0.15, -0.1) is 0 Å². The van der Waals surface area contributed by atoms with Gasteiger partial charge in [0.05, 0.1) is 6.10 Å². The van der Waals surface area contributed by atoms with Crippen LogP contribution >= 0.6 is 27.0 Å². The van der Waals surface area contributed by atoms with Gasteiger partial charge in [0.2, 0.25) is 5.91 Å². The van der Waals surface area contributed by atoms with Crippen molar-refractivity contribution in [3.8, 4) is 5.75 Å². The zero-order valence-corrected chi connectivity index (χ0v) is 20.9. The largest absolute Gasteiger partial charge is 0.508 e. The van der Waals surface area contributed by atoms with Gasteiger partial charge in [0.1, 0.15) is 24.4 Å². The molecule has 0 unspecified atom stereocenters. The molecule has 3 aromatic rings. The molecule has 0 bridgehead atoms. The Labute approximate surface area is 217 Å². The van der Waals surface area contributed by atoms with Crippen molar-refractivity contribution in [1.82, 2.24) is 10.2 Å². The van der Waals surface area contributed by atoms with E-state index in [4.69, 9.17) is 4.74 Å². The number of rotatable bonds is 5. The van der Waals surface area contributed by atoms with E-state index in [9.17, 15) is 19.5 Å². The first-order chi connectivity index (χ1) is 16.0. The van der Waals surface area contributed by atoms with Crippen LogP contribution < -0.4 is 5.32 Å². The molecule has 2 aliphatic heterocycles. The number of ether oxygens (including phenoxy) is 1. The van der Waals surface area contributed by atoms with Crippen LogP contribution in [-0.4, -0.2) is 58.9 Å². The van der Waals surface area contributed by atoms with E-state index in [1.807, 2.05) is 36.4 Å². The van der Waals surface area contributed by atoms with Crippen molar-refractivity contribution in [2.75, 3.05) is 13.2 Å². The van der Waals surface area contributed by atoms with Crippen LogP contribution in [0.4, 0.5) is 0 Å². The topological polar surface area (TPSA) is 95.9 Å². The first-order valence-corrected chi connectivity index (χ1v) is 11.0. The number of hydrogen-bond acceptors (Lipinski definition) is 5. The molecule has 5 rings (SSSR count). The highest BCUT2D eigenvalue weighted by atomic mass is 32.1. The zero-order valence-electron chi connectivity index (χ0n) is 18.9. The lowest BCUT2D eigenvalue weighted by molar-refractivity contribution is -0.138. The van der Waals surface area contributed by atoms with Gasteiger partial charge in [0.15, 0.2) is 5.78 Å². The Morgan fingerprint density at radius 2 is 1.74 bits per heavy atom. The van der Waals surface area contributed by atoms with Gasteiger partial charge >= 0.3 is 0 Å². The van der Waals surface area contributed by atoms with Gasteiger partial charge in [-0.1, -0.05) is 48.5 Å². The lowest BCUT2D eigenvalue weighted by Gasteiger charge is -2.28. The van der Waals surface area contributed by atoms with Crippen LogP contribution in [0.2, 0.25) is 0 Å². The predicted octanol–water partition coefficient (Wildman–Crippen LogP) is 2.68. The van der Waals surface area contributed by atoms with Crippen LogP contribution in [0.3, 0.4) is 0 Å². The SMILES string of the molecule is O=C(N[C@@H](Cc1ccc(O)cc1)C(=O)N1CC[C@H]2OCC(=O)[C@H]21)c1cccc2ccccc12.S.S. The van der Waals surface area contributed by atoms with E-state index in [1.54, 1.807) is 35.2 Å². The summed E-state index contributed by atoms with van der Waals surface area (Å²) < 4.78 is 5.52. The minimum atomic E-state index is -0.867. The summed E-state index contributed by atoms with van der Waals surface area (Å²) in [7, 11) is 0. The lowest BCUT2D eigenvalue weighted by atomic mass is 10.0. The maximum atomic E-state index is 13.6. The Kier molecular flexibility index (Phi) is 8.47. The fourth-order valence-corrected chi connectivity index (χ4v) is 4.77. The monoisotopic (exact) mass is 512 g/mol. The molecule has 3 atom stereocenters. The maximum absolute atomic E-state index is 13.6. The third kappa shape index (κ3) is 5.32. The number of benzene rings is 3. The number of ketones is 1. The molecule has 0 radical (unpaired) electrons. The first kappa shape index (κ1) is 26.6. The van der Waals surface area contributed by atoms with Crippen molar-refractivity contribution in [1.29, 1.82) is 0 Å². The molecule has 2 fully saturated rings. The van der Waals surface area contributed by atoms with Crippen molar-refractivity contribution < 1.29 is 24.2 Å². The molecule has 184 valence electrons. The lowest BCUT2D eigenvalue weighted by Crippen LogP contribution is -2.53. The number of likely N-dealkylation sites (tertiary alicyclic amines) is 1. The van der Waals surface area contributed by atoms with Crippen LogP contribution in [0, 0.1) is 0 Å². The molecule has 0 aliphatic carbocycles. The molecule has 3 aromatic carbocycles. The molecule has 2 saturated heterocycles. The third-order valence-corrected chi connectivity index (χ3v) is 6.41. The molecule has 2 N–H and O–H groups in total. The molecule has 0 saturated carbocycles. The van der Waals surface area contributed by atoms with E-state index >= 15 is 0 Å². The van der Waals surface area contributed by atoms with Crippen molar-refractivity contribution in [3.05, 3.63) is 77.9 Å². The van der Waals surface area contributed by atoms with Gasteiger partial charge in [-0.2, -0.15) is 27.0 Å². The summed E-state index contributed by atoms with van der Waals surface area (Å²) in [6.45, 7) is 0.431. The zero-order chi connectivity index (χ0) is 22.9. The second-order valence-corrected chi connectivity index (χ2v) is 8.50. The molecule has 2 aliphatic rings. The van der Waals surface area contributed by atoms with Crippen LogP contribution in [0.15, 0.2) is 66.7 Å².